The van der Waals surface area contributed by atoms with Gasteiger partial charge in [0.25, 0.3) is 0 Å². The maximum atomic E-state index is 4.42. The maximum absolute atomic E-state index is 4.42. The Kier molecular flexibility index (Phi) is 5.29. The third kappa shape index (κ3) is 3.78. The van der Waals surface area contributed by atoms with Gasteiger partial charge in [-0.2, -0.15) is 0 Å². The van der Waals surface area contributed by atoms with Crippen molar-refractivity contribution >= 4 is 17.6 Å². The molecule has 0 spiro atoms. The molecular formula is C17H22N4S. The van der Waals surface area contributed by atoms with Crippen LogP contribution in [0.3, 0.4) is 0 Å². The van der Waals surface area contributed by atoms with Crippen molar-refractivity contribution in [3.05, 3.63) is 36.8 Å². The van der Waals surface area contributed by atoms with E-state index in [-0.39, 0.29) is 0 Å². The Hall–Kier alpha value is -1.59. The Labute approximate surface area is 136 Å². The first kappa shape index (κ1) is 15.3. The molecule has 1 heterocycles. The quantitative estimate of drug-likeness (QED) is 0.813. The standard InChI is InChI=1S/C17H22N4S/c1-18-22-14-7-8-17(21-13-5-3-2-4-6-13)15(11-14)16-9-10-19-12-20-16/h7-13,18,21H,2-6H2,1H3. The second kappa shape index (κ2) is 7.61. The molecule has 1 aliphatic rings. The molecule has 2 N–H and O–H groups in total. The minimum absolute atomic E-state index is 0.581. The molecule has 116 valence electrons. The number of hydrogen-bond acceptors (Lipinski definition) is 5. The molecule has 1 fully saturated rings. The van der Waals surface area contributed by atoms with Crippen LogP contribution >= 0.6 is 11.9 Å². The monoisotopic (exact) mass is 314 g/mol. The van der Waals surface area contributed by atoms with Crippen LogP contribution in [0.4, 0.5) is 5.69 Å². The molecule has 22 heavy (non-hydrogen) atoms. The fourth-order valence-electron chi connectivity index (χ4n) is 2.96. The third-order valence-corrected chi connectivity index (χ3v) is 4.73. The molecule has 1 aromatic heterocycles. The van der Waals surface area contributed by atoms with Gasteiger partial charge in [-0.3, -0.25) is 4.72 Å². The number of nitrogens with one attached hydrogen (secondary N) is 2. The molecule has 0 saturated heterocycles. The predicted molar refractivity (Wildman–Crippen MR) is 92.9 cm³/mol. The van der Waals surface area contributed by atoms with E-state index >= 15 is 0 Å². The molecule has 0 aliphatic heterocycles. The normalized spacial score (nSPS) is 15.7. The van der Waals surface area contributed by atoms with Crippen molar-refractivity contribution in [3.8, 4) is 11.3 Å². The summed E-state index contributed by atoms with van der Waals surface area (Å²) in [6.45, 7) is 0. The van der Waals surface area contributed by atoms with Crippen molar-refractivity contribution in [1.82, 2.24) is 14.7 Å². The molecule has 0 bridgehead atoms. The van der Waals surface area contributed by atoms with Crippen LogP contribution in [0, 0.1) is 0 Å². The molecule has 0 atom stereocenters. The van der Waals surface area contributed by atoms with Crippen LogP contribution in [0.25, 0.3) is 11.3 Å². The molecule has 4 nitrogen and oxygen atoms in total. The highest BCUT2D eigenvalue weighted by atomic mass is 32.2. The van der Waals surface area contributed by atoms with Crippen LogP contribution in [-0.4, -0.2) is 23.1 Å². The summed E-state index contributed by atoms with van der Waals surface area (Å²) in [4.78, 5) is 9.63. The van der Waals surface area contributed by atoms with Crippen molar-refractivity contribution < 1.29 is 0 Å². The van der Waals surface area contributed by atoms with Gasteiger partial charge in [0.15, 0.2) is 0 Å². The highest BCUT2D eigenvalue weighted by Crippen LogP contribution is 2.32. The molecule has 1 aromatic carbocycles. The highest BCUT2D eigenvalue weighted by molar-refractivity contribution is 7.97. The van der Waals surface area contributed by atoms with E-state index in [0.717, 1.165) is 11.3 Å². The molecule has 1 saturated carbocycles. The molecule has 1 aliphatic carbocycles. The van der Waals surface area contributed by atoms with Gasteiger partial charge >= 0.3 is 0 Å². The number of anilines is 1. The van der Waals surface area contributed by atoms with Crippen LogP contribution in [0.2, 0.25) is 0 Å². The molecule has 5 heteroatoms. The summed E-state index contributed by atoms with van der Waals surface area (Å²) >= 11 is 1.62. The Balaban J connectivity index is 1.90. The van der Waals surface area contributed by atoms with Crippen molar-refractivity contribution in [1.29, 1.82) is 0 Å². The number of hydrogen-bond donors (Lipinski definition) is 2. The van der Waals surface area contributed by atoms with E-state index in [0.29, 0.717) is 6.04 Å². The molecular weight excluding hydrogens is 292 g/mol. The predicted octanol–water partition coefficient (Wildman–Crippen LogP) is 4.11. The largest absolute Gasteiger partial charge is 0.382 e. The summed E-state index contributed by atoms with van der Waals surface area (Å²) in [5.41, 5.74) is 3.28. The highest BCUT2D eigenvalue weighted by Gasteiger charge is 2.16. The lowest BCUT2D eigenvalue weighted by molar-refractivity contribution is 0.463. The molecule has 2 aromatic rings. The lowest BCUT2D eigenvalue weighted by Gasteiger charge is -2.25. The van der Waals surface area contributed by atoms with E-state index in [4.69, 9.17) is 0 Å². The summed E-state index contributed by atoms with van der Waals surface area (Å²) in [7, 11) is 1.93. The van der Waals surface area contributed by atoms with Gasteiger partial charge in [-0.05, 0) is 56.1 Å². The first-order valence-electron chi connectivity index (χ1n) is 7.87. The summed E-state index contributed by atoms with van der Waals surface area (Å²) in [5, 5.41) is 3.73. The fourth-order valence-corrected chi connectivity index (χ4v) is 3.51. The van der Waals surface area contributed by atoms with Crippen LogP contribution in [0.1, 0.15) is 32.1 Å². The molecule has 0 amide bonds. The van der Waals surface area contributed by atoms with E-state index in [9.17, 15) is 0 Å². The minimum atomic E-state index is 0.581. The second-order valence-corrected chi connectivity index (χ2v) is 6.67. The topological polar surface area (TPSA) is 49.8 Å². The summed E-state index contributed by atoms with van der Waals surface area (Å²) in [6.07, 6.45) is 9.95. The Bertz CT molecular complexity index is 597. The van der Waals surface area contributed by atoms with E-state index < -0.39 is 0 Å². The number of nitrogens with zero attached hydrogens (tertiary/aromatic N) is 2. The first-order valence-corrected chi connectivity index (χ1v) is 8.69. The van der Waals surface area contributed by atoms with Crippen LogP contribution in [0.5, 0.6) is 0 Å². The van der Waals surface area contributed by atoms with Crippen molar-refractivity contribution in [2.45, 2.75) is 43.0 Å². The summed E-state index contributed by atoms with van der Waals surface area (Å²) < 4.78 is 3.13. The smallest absolute Gasteiger partial charge is 0.116 e. The fraction of sp³-hybridized carbons (Fsp3) is 0.412. The van der Waals surface area contributed by atoms with Crippen LogP contribution < -0.4 is 10.0 Å². The minimum Gasteiger partial charge on any atom is -0.382 e. The van der Waals surface area contributed by atoms with Gasteiger partial charge in [-0.25, -0.2) is 9.97 Å². The Morgan fingerprint density at radius 2 is 2.00 bits per heavy atom. The van der Waals surface area contributed by atoms with Crippen molar-refractivity contribution in [2.75, 3.05) is 12.4 Å². The zero-order valence-corrected chi connectivity index (χ0v) is 13.7. The lowest BCUT2D eigenvalue weighted by Crippen LogP contribution is -2.22. The molecule has 3 rings (SSSR count). The summed E-state index contributed by atoms with van der Waals surface area (Å²) in [6, 6.07) is 9.06. The number of benzene rings is 1. The van der Waals surface area contributed by atoms with Gasteiger partial charge in [0, 0.05) is 28.4 Å². The lowest BCUT2D eigenvalue weighted by atomic mass is 9.95. The van der Waals surface area contributed by atoms with Gasteiger partial charge in [0.05, 0.1) is 5.69 Å². The van der Waals surface area contributed by atoms with E-state index in [1.54, 1.807) is 24.5 Å². The van der Waals surface area contributed by atoms with Crippen molar-refractivity contribution in [3.63, 3.8) is 0 Å². The Morgan fingerprint density at radius 1 is 1.14 bits per heavy atom. The maximum Gasteiger partial charge on any atom is 0.116 e. The van der Waals surface area contributed by atoms with Gasteiger partial charge in [0.1, 0.15) is 6.33 Å². The SMILES string of the molecule is CNSc1ccc(NC2CCCCC2)c(-c2ccncn2)c1. The molecule has 0 unspecified atom stereocenters. The van der Waals surface area contributed by atoms with E-state index in [1.165, 1.54) is 42.7 Å². The Morgan fingerprint density at radius 3 is 2.73 bits per heavy atom. The van der Waals surface area contributed by atoms with E-state index in [1.807, 2.05) is 13.1 Å². The number of rotatable bonds is 5. The zero-order chi connectivity index (χ0) is 15.2. The third-order valence-electron chi connectivity index (χ3n) is 4.03. The van der Waals surface area contributed by atoms with Gasteiger partial charge in [0.2, 0.25) is 0 Å². The van der Waals surface area contributed by atoms with Gasteiger partial charge in [-0.15, -0.1) is 0 Å². The number of aromatic nitrogens is 2. The van der Waals surface area contributed by atoms with Crippen LogP contribution in [-0.2, 0) is 0 Å². The average Bonchev–Trinajstić information content (AvgIpc) is 2.58. The first-order chi connectivity index (χ1) is 10.9. The zero-order valence-electron chi connectivity index (χ0n) is 12.9. The van der Waals surface area contributed by atoms with E-state index in [2.05, 4.69) is 38.2 Å². The van der Waals surface area contributed by atoms with Gasteiger partial charge in [-0.1, -0.05) is 19.3 Å². The molecule has 0 radical (unpaired) electrons. The second-order valence-electron chi connectivity index (χ2n) is 5.59. The average molecular weight is 314 g/mol. The van der Waals surface area contributed by atoms with Crippen LogP contribution in [0.15, 0.2) is 41.7 Å². The summed E-state index contributed by atoms with van der Waals surface area (Å²) in [5.74, 6) is 0. The van der Waals surface area contributed by atoms with Gasteiger partial charge < -0.3 is 5.32 Å². The van der Waals surface area contributed by atoms with Crippen molar-refractivity contribution in [2.24, 2.45) is 0 Å².